The highest BCUT2D eigenvalue weighted by atomic mass is 79.9. The minimum Gasteiger partial charge on any atom is -0.480 e. The van der Waals surface area contributed by atoms with Crippen LogP contribution in [0.3, 0.4) is 0 Å². The summed E-state index contributed by atoms with van der Waals surface area (Å²) < 4.78 is 6.55. The zero-order valence-electron chi connectivity index (χ0n) is 13.0. The fourth-order valence-electron chi connectivity index (χ4n) is 1.83. The number of amides is 1. The quantitative estimate of drug-likeness (QED) is 0.785. The Labute approximate surface area is 135 Å². The van der Waals surface area contributed by atoms with E-state index >= 15 is 0 Å². The van der Waals surface area contributed by atoms with Gasteiger partial charge in [-0.05, 0) is 38.3 Å². The van der Waals surface area contributed by atoms with Crippen LogP contribution in [0.4, 0.5) is 0 Å². The Hall–Kier alpha value is -1.07. The first kappa shape index (κ1) is 18.0. The van der Waals surface area contributed by atoms with Crippen molar-refractivity contribution >= 4 is 21.8 Å². The van der Waals surface area contributed by atoms with Gasteiger partial charge < -0.3 is 15.2 Å². The summed E-state index contributed by atoms with van der Waals surface area (Å²) >= 11 is 3.37. The Morgan fingerprint density at radius 2 is 2.00 bits per heavy atom. The first-order chi connectivity index (χ1) is 9.81. The van der Waals surface area contributed by atoms with Crippen molar-refractivity contribution in [3.05, 3.63) is 28.2 Å². The standard InChI is InChI=1S/C16H24BrNO3/c1-10(2)7-8-18-16(20)12(4)21-15-9-13(17)5-6-14(15)11(3)19/h5-6,9-12,19H,7-8H2,1-4H3,(H,18,20)/t11-,12?/m0/s1. The predicted molar refractivity (Wildman–Crippen MR) is 87.3 cm³/mol. The summed E-state index contributed by atoms with van der Waals surface area (Å²) in [5.41, 5.74) is 0.667. The molecule has 0 saturated heterocycles. The van der Waals surface area contributed by atoms with E-state index in [2.05, 4.69) is 35.1 Å². The maximum Gasteiger partial charge on any atom is 0.260 e. The zero-order chi connectivity index (χ0) is 16.0. The van der Waals surface area contributed by atoms with Crippen LogP contribution < -0.4 is 10.1 Å². The molecule has 118 valence electrons. The van der Waals surface area contributed by atoms with Crippen LogP contribution in [-0.4, -0.2) is 23.7 Å². The molecule has 0 aliphatic heterocycles. The molecule has 0 heterocycles. The Morgan fingerprint density at radius 1 is 1.33 bits per heavy atom. The van der Waals surface area contributed by atoms with Gasteiger partial charge in [0.2, 0.25) is 0 Å². The van der Waals surface area contributed by atoms with Crippen molar-refractivity contribution in [2.45, 2.75) is 46.3 Å². The molecule has 0 bridgehead atoms. The summed E-state index contributed by atoms with van der Waals surface area (Å²) in [6, 6.07) is 5.38. The van der Waals surface area contributed by atoms with Crippen molar-refractivity contribution < 1.29 is 14.6 Å². The van der Waals surface area contributed by atoms with Gasteiger partial charge in [0.1, 0.15) is 5.75 Å². The SMILES string of the molecule is CC(C)CCNC(=O)C(C)Oc1cc(Br)ccc1[C@H](C)O. The van der Waals surface area contributed by atoms with E-state index in [9.17, 15) is 9.90 Å². The Balaban J connectivity index is 2.67. The second kappa shape index (κ2) is 8.39. The average Bonchev–Trinajstić information content (AvgIpc) is 2.37. The van der Waals surface area contributed by atoms with E-state index in [0.717, 1.165) is 10.9 Å². The Bertz CT molecular complexity index is 475. The van der Waals surface area contributed by atoms with Crippen molar-refractivity contribution in [3.63, 3.8) is 0 Å². The Kier molecular flexibility index (Phi) is 7.18. The summed E-state index contributed by atoms with van der Waals surface area (Å²) in [6.07, 6.45) is -0.317. The molecule has 0 aliphatic rings. The summed E-state index contributed by atoms with van der Waals surface area (Å²) in [7, 11) is 0. The van der Waals surface area contributed by atoms with Gasteiger partial charge in [0.15, 0.2) is 6.10 Å². The van der Waals surface area contributed by atoms with Gasteiger partial charge in [-0.2, -0.15) is 0 Å². The molecule has 1 amide bonds. The van der Waals surface area contributed by atoms with Gasteiger partial charge in [-0.1, -0.05) is 35.8 Å². The molecule has 0 spiro atoms. The monoisotopic (exact) mass is 357 g/mol. The molecule has 0 aliphatic carbocycles. The molecule has 21 heavy (non-hydrogen) atoms. The number of aliphatic hydroxyl groups excluding tert-OH is 1. The van der Waals surface area contributed by atoms with Crippen molar-refractivity contribution in [1.82, 2.24) is 5.32 Å². The lowest BCUT2D eigenvalue weighted by molar-refractivity contribution is -0.127. The lowest BCUT2D eigenvalue weighted by Gasteiger charge is -2.19. The number of carbonyl (C=O) groups is 1. The van der Waals surface area contributed by atoms with Crippen LogP contribution in [0, 0.1) is 5.92 Å². The maximum atomic E-state index is 12.0. The van der Waals surface area contributed by atoms with Crippen LogP contribution in [0.1, 0.15) is 45.8 Å². The number of hydrogen-bond acceptors (Lipinski definition) is 3. The van der Waals surface area contributed by atoms with Crippen LogP contribution in [0.15, 0.2) is 22.7 Å². The molecule has 4 nitrogen and oxygen atoms in total. The molecule has 0 fully saturated rings. The summed E-state index contributed by atoms with van der Waals surface area (Å²) in [6.45, 7) is 8.25. The maximum absolute atomic E-state index is 12.0. The highest BCUT2D eigenvalue weighted by Crippen LogP contribution is 2.29. The molecule has 0 aromatic heterocycles. The van der Waals surface area contributed by atoms with E-state index in [1.165, 1.54) is 0 Å². The van der Waals surface area contributed by atoms with Gasteiger partial charge in [-0.3, -0.25) is 4.79 Å². The normalized spacial score (nSPS) is 13.9. The summed E-state index contributed by atoms with van der Waals surface area (Å²) in [4.78, 5) is 12.0. The number of benzene rings is 1. The second-order valence-corrected chi connectivity index (χ2v) is 6.51. The summed E-state index contributed by atoms with van der Waals surface area (Å²) in [5.74, 6) is 0.923. The van der Waals surface area contributed by atoms with Gasteiger partial charge >= 0.3 is 0 Å². The number of halogens is 1. The lowest BCUT2D eigenvalue weighted by Crippen LogP contribution is -2.37. The van der Waals surface area contributed by atoms with E-state index < -0.39 is 12.2 Å². The number of aliphatic hydroxyl groups is 1. The van der Waals surface area contributed by atoms with Crippen LogP contribution in [0.2, 0.25) is 0 Å². The van der Waals surface area contributed by atoms with Gasteiger partial charge in [-0.25, -0.2) is 0 Å². The van der Waals surface area contributed by atoms with Crippen molar-refractivity contribution in [3.8, 4) is 5.75 Å². The van der Waals surface area contributed by atoms with Crippen LogP contribution in [0.5, 0.6) is 5.75 Å². The third kappa shape index (κ3) is 6.06. The average molecular weight is 358 g/mol. The minimum atomic E-state index is -0.649. The first-order valence-corrected chi connectivity index (χ1v) is 8.02. The van der Waals surface area contributed by atoms with Crippen LogP contribution in [-0.2, 0) is 4.79 Å². The topological polar surface area (TPSA) is 58.6 Å². The van der Waals surface area contributed by atoms with Gasteiger partial charge in [0.25, 0.3) is 5.91 Å². The molecular formula is C16H24BrNO3. The molecule has 1 unspecified atom stereocenters. The smallest absolute Gasteiger partial charge is 0.260 e. The van der Waals surface area contributed by atoms with E-state index in [1.54, 1.807) is 26.0 Å². The number of rotatable bonds is 7. The van der Waals surface area contributed by atoms with E-state index in [-0.39, 0.29) is 5.91 Å². The second-order valence-electron chi connectivity index (χ2n) is 5.59. The fraction of sp³-hybridized carbons (Fsp3) is 0.562. The van der Waals surface area contributed by atoms with Crippen molar-refractivity contribution in [1.29, 1.82) is 0 Å². The van der Waals surface area contributed by atoms with E-state index in [1.807, 2.05) is 6.07 Å². The van der Waals surface area contributed by atoms with E-state index in [4.69, 9.17) is 4.74 Å². The predicted octanol–water partition coefficient (Wildman–Crippen LogP) is 3.43. The highest BCUT2D eigenvalue weighted by molar-refractivity contribution is 9.10. The van der Waals surface area contributed by atoms with Gasteiger partial charge in [0.05, 0.1) is 6.10 Å². The van der Waals surface area contributed by atoms with Crippen molar-refractivity contribution in [2.24, 2.45) is 5.92 Å². The summed E-state index contributed by atoms with van der Waals surface area (Å²) in [5, 5.41) is 12.6. The first-order valence-electron chi connectivity index (χ1n) is 7.23. The molecule has 1 aromatic carbocycles. The molecule has 0 saturated carbocycles. The Morgan fingerprint density at radius 3 is 2.57 bits per heavy atom. The molecule has 0 radical (unpaired) electrons. The third-order valence-corrected chi connectivity index (χ3v) is 3.61. The van der Waals surface area contributed by atoms with E-state index in [0.29, 0.717) is 23.8 Å². The molecular weight excluding hydrogens is 334 g/mol. The number of nitrogens with one attached hydrogen (secondary N) is 1. The molecule has 2 atom stereocenters. The fourth-order valence-corrected chi connectivity index (χ4v) is 2.17. The molecule has 1 aromatic rings. The number of hydrogen-bond donors (Lipinski definition) is 2. The number of ether oxygens (including phenoxy) is 1. The van der Waals surface area contributed by atoms with Gasteiger partial charge in [-0.15, -0.1) is 0 Å². The third-order valence-electron chi connectivity index (χ3n) is 3.12. The highest BCUT2D eigenvalue weighted by Gasteiger charge is 2.18. The largest absolute Gasteiger partial charge is 0.480 e. The van der Waals surface area contributed by atoms with Gasteiger partial charge in [0, 0.05) is 16.6 Å². The lowest BCUT2D eigenvalue weighted by atomic mass is 10.1. The minimum absolute atomic E-state index is 0.146. The van der Waals surface area contributed by atoms with Crippen LogP contribution >= 0.6 is 15.9 Å². The molecule has 5 heteroatoms. The molecule has 1 rings (SSSR count). The van der Waals surface area contributed by atoms with Crippen molar-refractivity contribution in [2.75, 3.05) is 6.54 Å². The van der Waals surface area contributed by atoms with Crippen LogP contribution in [0.25, 0.3) is 0 Å². The zero-order valence-corrected chi connectivity index (χ0v) is 14.6. The molecule has 2 N–H and O–H groups in total. The number of carbonyl (C=O) groups excluding carboxylic acids is 1.